The Bertz CT molecular complexity index is 586. The van der Waals surface area contributed by atoms with Gasteiger partial charge in [0.25, 0.3) is 0 Å². The average molecular weight is 292 g/mol. The second kappa shape index (κ2) is 6.42. The summed E-state index contributed by atoms with van der Waals surface area (Å²) >= 11 is 1.38. The first-order valence-corrected chi connectivity index (χ1v) is 7.28. The number of hydrogen-bond acceptors (Lipinski definition) is 6. The van der Waals surface area contributed by atoms with Gasteiger partial charge in [-0.3, -0.25) is 0 Å². The van der Waals surface area contributed by atoms with E-state index in [1.807, 2.05) is 25.3 Å². The van der Waals surface area contributed by atoms with Gasteiger partial charge in [-0.25, -0.2) is 9.78 Å². The largest absolute Gasteiger partial charge is 0.479 e. The summed E-state index contributed by atoms with van der Waals surface area (Å²) in [6.07, 6.45) is 1.50. The number of carboxylic acid groups (broad SMARTS) is 1. The number of aliphatic carboxylic acids is 1. The van der Waals surface area contributed by atoms with Gasteiger partial charge >= 0.3 is 5.97 Å². The number of aromatic nitrogens is 3. The van der Waals surface area contributed by atoms with Crippen LogP contribution >= 0.6 is 11.3 Å². The molecule has 0 aliphatic rings. The number of rotatable bonds is 6. The fraction of sp³-hybridized carbons (Fsp3) is 0.385. The van der Waals surface area contributed by atoms with E-state index < -0.39 is 12.0 Å². The van der Waals surface area contributed by atoms with E-state index in [2.05, 4.69) is 20.5 Å². The second-order valence-electron chi connectivity index (χ2n) is 4.17. The van der Waals surface area contributed by atoms with Crippen LogP contribution in [0.4, 0.5) is 5.95 Å². The van der Waals surface area contributed by atoms with Gasteiger partial charge in [-0.2, -0.15) is 5.10 Å². The Labute approximate surface area is 120 Å². The summed E-state index contributed by atoms with van der Waals surface area (Å²) in [4.78, 5) is 16.4. The third-order valence-electron chi connectivity index (χ3n) is 2.86. The molecule has 2 heterocycles. The van der Waals surface area contributed by atoms with Crippen LogP contribution in [-0.4, -0.2) is 26.3 Å². The highest BCUT2D eigenvalue weighted by molar-refractivity contribution is 7.10. The molecule has 0 aliphatic carbocycles. The van der Waals surface area contributed by atoms with Crippen LogP contribution < -0.4 is 5.32 Å². The monoisotopic (exact) mass is 292 g/mol. The topological polar surface area (TPSA) is 88.0 Å². The summed E-state index contributed by atoms with van der Waals surface area (Å²) in [5.41, 5.74) is 1.70. The van der Waals surface area contributed by atoms with Crippen LogP contribution in [0.5, 0.6) is 0 Å². The molecule has 20 heavy (non-hydrogen) atoms. The first kappa shape index (κ1) is 14.4. The predicted octanol–water partition coefficient (Wildman–Crippen LogP) is 2.30. The highest BCUT2D eigenvalue weighted by atomic mass is 32.1. The van der Waals surface area contributed by atoms with Crippen LogP contribution in [0.1, 0.15) is 36.2 Å². The molecule has 0 radical (unpaired) electrons. The maximum atomic E-state index is 11.3. The van der Waals surface area contributed by atoms with Gasteiger partial charge in [0.2, 0.25) is 5.95 Å². The van der Waals surface area contributed by atoms with Crippen LogP contribution in [0.15, 0.2) is 17.5 Å². The maximum Gasteiger partial charge on any atom is 0.331 e. The quantitative estimate of drug-likeness (QED) is 0.849. The van der Waals surface area contributed by atoms with Gasteiger partial charge in [0.15, 0.2) is 6.04 Å². The molecule has 1 unspecified atom stereocenters. The minimum absolute atomic E-state index is 0.250. The van der Waals surface area contributed by atoms with Crippen molar-refractivity contribution in [1.29, 1.82) is 0 Å². The van der Waals surface area contributed by atoms with Crippen LogP contribution in [0.2, 0.25) is 0 Å². The van der Waals surface area contributed by atoms with Crippen LogP contribution in [0, 0.1) is 0 Å². The number of carbonyl (C=O) groups is 1. The number of carboxylic acids is 1. The molecule has 0 saturated carbocycles. The zero-order chi connectivity index (χ0) is 14.5. The number of hydrogen-bond donors (Lipinski definition) is 2. The molecule has 2 rings (SSSR count). The highest BCUT2D eigenvalue weighted by Crippen LogP contribution is 2.22. The number of anilines is 1. The molecule has 2 aromatic heterocycles. The predicted molar refractivity (Wildman–Crippen MR) is 76.9 cm³/mol. The van der Waals surface area contributed by atoms with Gasteiger partial charge in [-0.1, -0.05) is 19.9 Å². The number of thiophene rings is 1. The summed E-state index contributed by atoms with van der Waals surface area (Å²) < 4.78 is 0. The zero-order valence-corrected chi connectivity index (χ0v) is 12.1. The minimum atomic E-state index is -0.964. The number of aryl methyl sites for hydroxylation is 2. The molecule has 0 aliphatic heterocycles. The van der Waals surface area contributed by atoms with E-state index in [1.54, 1.807) is 6.07 Å². The van der Waals surface area contributed by atoms with Crippen LogP contribution in [0.25, 0.3) is 0 Å². The van der Waals surface area contributed by atoms with Gasteiger partial charge in [0.05, 0.1) is 11.4 Å². The molecular weight excluding hydrogens is 276 g/mol. The van der Waals surface area contributed by atoms with E-state index in [0.29, 0.717) is 4.88 Å². The second-order valence-corrected chi connectivity index (χ2v) is 5.15. The average Bonchev–Trinajstić information content (AvgIpc) is 2.97. The Balaban J connectivity index is 2.25. The van der Waals surface area contributed by atoms with E-state index in [4.69, 9.17) is 0 Å². The molecule has 1 atom stereocenters. The van der Waals surface area contributed by atoms with Crippen molar-refractivity contribution >= 4 is 23.3 Å². The van der Waals surface area contributed by atoms with Crippen molar-refractivity contribution in [2.24, 2.45) is 0 Å². The summed E-state index contributed by atoms with van der Waals surface area (Å²) in [6.45, 7) is 3.98. The molecule has 2 N–H and O–H groups in total. The van der Waals surface area contributed by atoms with Gasteiger partial charge in [-0.05, 0) is 24.3 Å². The molecule has 0 amide bonds. The molecule has 0 aromatic carbocycles. The fourth-order valence-electron chi connectivity index (χ4n) is 1.84. The minimum Gasteiger partial charge on any atom is -0.479 e. The summed E-state index contributed by atoms with van der Waals surface area (Å²) in [5.74, 6) is -0.714. The lowest BCUT2D eigenvalue weighted by atomic mass is 10.2. The lowest BCUT2D eigenvalue weighted by molar-refractivity contribution is -0.138. The van der Waals surface area contributed by atoms with E-state index in [9.17, 15) is 9.90 Å². The number of nitrogens with zero attached hydrogens (tertiary/aromatic N) is 3. The van der Waals surface area contributed by atoms with Crippen molar-refractivity contribution in [2.75, 3.05) is 5.32 Å². The Hall–Kier alpha value is -2.02. The lowest BCUT2D eigenvalue weighted by Crippen LogP contribution is -2.21. The smallest absolute Gasteiger partial charge is 0.331 e. The molecule has 6 nitrogen and oxygen atoms in total. The van der Waals surface area contributed by atoms with Crippen molar-refractivity contribution in [3.63, 3.8) is 0 Å². The standard InChI is InChI=1S/C13H16N4O2S/c1-3-8-9(4-2)16-17-13(14-8)15-11(12(18)19)10-6-5-7-20-10/h5-7,11H,3-4H2,1-2H3,(H,18,19)(H,14,15,17). The van der Waals surface area contributed by atoms with E-state index in [1.165, 1.54) is 11.3 Å². The molecule has 2 aromatic rings. The van der Waals surface area contributed by atoms with E-state index >= 15 is 0 Å². The Morgan fingerprint density at radius 1 is 1.35 bits per heavy atom. The zero-order valence-electron chi connectivity index (χ0n) is 11.3. The van der Waals surface area contributed by atoms with Gasteiger partial charge < -0.3 is 10.4 Å². The summed E-state index contributed by atoms with van der Waals surface area (Å²) in [7, 11) is 0. The van der Waals surface area contributed by atoms with Gasteiger partial charge in [0, 0.05) is 4.88 Å². The van der Waals surface area contributed by atoms with Gasteiger partial charge in [0.1, 0.15) is 0 Å². The van der Waals surface area contributed by atoms with Crippen LogP contribution in [0.3, 0.4) is 0 Å². The molecule has 7 heteroatoms. The molecule has 0 fully saturated rings. The highest BCUT2D eigenvalue weighted by Gasteiger charge is 2.22. The molecule has 0 bridgehead atoms. The molecule has 0 saturated heterocycles. The maximum absolute atomic E-state index is 11.3. The Morgan fingerprint density at radius 2 is 2.10 bits per heavy atom. The SMILES string of the molecule is CCc1nnc(NC(C(=O)O)c2cccs2)nc1CC. The van der Waals surface area contributed by atoms with Crippen molar-refractivity contribution in [3.8, 4) is 0 Å². The van der Waals surface area contributed by atoms with Crippen LogP contribution in [-0.2, 0) is 17.6 Å². The van der Waals surface area contributed by atoms with Crippen molar-refractivity contribution in [1.82, 2.24) is 15.2 Å². The summed E-state index contributed by atoms with van der Waals surface area (Å²) in [5, 5.41) is 22.0. The molecule has 106 valence electrons. The van der Waals surface area contributed by atoms with E-state index in [0.717, 1.165) is 24.2 Å². The van der Waals surface area contributed by atoms with Crippen molar-refractivity contribution < 1.29 is 9.90 Å². The lowest BCUT2D eigenvalue weighted by Gasteiger charge is -2.13. The fourth-order valence-corrected chi connectivity index (χ4v) is 2.61. The Morgan fingerprint density at radius 3 is 2.65 bits per heavy atom. The molecule has 0 spiro atoms. The third kappa shape index (κ3) is 3.11. The molecular formula is C13H16N4O2S. The Kier molecular flexibility index (Phi) is 4.62. The normalized spacial score (nSPS) is 12.1. The van der Waals surface area contributed by atoms with Crippen molar-refractivity contribution in [2.45, 2.75) is 32.7 Å². The first-order chi connectivity index (χ1) is 9.65. The van der Waals surface area contributed by atoms with Gasteiger partial charge in [-0.15, -0.1) is 16.4 Å². The van der Waals surface area contributed by atoms with Crippen molar-refractivity contribution in [3.05, 3.63) is 33.8 Å². The van der Waals surface area contributed by atoms with E-state index in [-0.39, 0.29) is 5.95 Å². The summed E-state index contributed by atoms with van der Waals surface area (Å²) in [6, 6.07) is 2.73. The number of nitrogens with one attached hydrogen (secondary N) is 1. The third-order valence-corrected chi connectivity index (χ3v) is 3.79. The first-order valence-electron chi connectivity index (χ1n) is 6.40.